The first-order valence-electron chi connectivity index (χ1n) is 10.3. The summed E-state index contributed by atoms with van der Waals surface area (Å²) in [6.45, 7) is 2.47. The molecule has 168 valence electrons. The Bertz CT molecular complexity index is 1230. The number of carbonyl (C=O) groups excluding carboxylic acids is 1. The van der Waals surface area contributed by atoms with Gasteiger partial charge in [-0.25, -0.2) is 0 Å². The Balaban J connectivity index is 1.49. The second-order valence-electron chi connectivity index (χ2n) is 7.36. The van der Waals surface area contributed by atoms with Crippen molar-refractivity contribution in [2.75, 3.05) is 5.75 Å². The monoisotopic (exact) mass is 497 g/mol. The Kier molecular flexibility index (Phi) is 7.65. The molecule has 33 heavy (non-hydrogen) atoms. The van der Waals surface area contributed by atoms with Gasteiger partial charge in [-0.3, -0.25) is 14.3 Å². The SMILES string of the molecule is CC(NC(=O)CSc1nnc(-c2cccnc2)n1Cc1ccccc1)c1ccc(Cl)cc1Cl. The second kappa shape index (κ2) is 10.8. The van der Waals surface area contributed by atoms with Crippen LogP contribution in [0.2, 0.25) is 10.0 Å². The van der Waals surface area contributed by atoms with Crippen LogP contribution in [0, 0.1) is 0 Å². The van der Waals surface area contributed by atoms with E-state index in [0.717, 1.165) is 16.7 Å². The van der Waals surface area contributed by atoms with E-state index in [9.17, 15) is 4.79 Å². The minimum absolute atomic E-state index is 0.129. The smallest absolute Gasteiger partial charge is 0.230 e. The van der Waals surface area contributed by atoms with Gasteiger partial charge in [0.15, 0.2) is 11.0 Å². The van der Waals surface area contributed by atoms with Gasteiger partial charge in [-0.2, -0.15) is 0 Å². The van der Waals surface area contributed by atoms with Crippen molar-refractivity contribution in [3.8, 4) is 11.4 Å². The summed E-state index contributed by atoms with van der Waals surface area (Å²) in [5, 5.41) is 13.4. The van der Waals surface area contributed by atoms with E-state index in [1.807, 2.05) is 60.0 Å². The molecule has 1 amide bonds. The van der Waals surface area contributed by atoms with Gasteiger partial charge in [0, 0.05) is 28.0 Å². The van der Waals surface area contributed by atoms with Crippen LogP contribution in [0.3, 0.4) is 0 Å². The maximum absolute atomic E-state index is 12.7. The quantitative estimate of drug-likeness (QED) is 0.317. The number of hydrogen-bond acceptors (Lipinski definition) is 5. The Morgan fingerprint density at radius 3 is 2.64 bits per heavy atom. The van der Waals surface area contributed by atoms with Crippen molar-refractivity contribution in [3.63, 3.8) is 0 Å². The summed E-state index contributed by atoms with van der Waals surface area (Å²) >= 11 is 13.6. The van der Waals surface area contributed by atoms with Crippen molar-refractivity contribution in [1.29, 1.82) is 0 Å². The maximum atomic E-state index is 12.7. The summed E-state index contributed by atoms with van der Waals surface area (Å²) in [7, 11) is 0. The molecule has 0 radical (unpaired) electrons. The zero-order chi connectivity index (χ0) is 23.2. The van der Waals surface area contributed by atoms with Crippen LogP contribution in [-0.4, -0.2) is 31.4 Å². The molecule has 2 aromatic carbocycles. The number of amides is 1. The Morgan fingerprint density at radius 1 is 1.09 bits per heavy atom. The normalized spacial score (nSPS) is 11.8. The predicted molar refractivity (Wildman–Crippen MR) is 133 cm³/mol. The van der Waals surface area contributed by atoms with E-state index in [1.54, 1.807) is 24.5 Å². The van der Waals surface area contributed by atoms with Crippen LogP contribution in [0.5, 0.6) is 0 Å². The lowest BCUT2D eigenvalue weighted by Gasteiger charge is -2.16. The average Bonchev–Trinajstić information content (AvgIpc) is 3.21. The molecule has 0 spiro atoms. The average molecular weight is 498 g/mol. The van der Waals surface area contributed by atoms with Crippen LogP contribution in [0.1, 0.15) is 24.1 Å². The van der Waals surface area contributed by atoms with Crippen LogP contribution < -0.4 is 5.32 Å². The molecule has 0 saturated heterocycles. The third-order valence-corrected chi connectivity index (χ3v) is 6.49. The van der Waals surface area contributed by atoms with E-state index >= 15 is 0 Å². The van der Waals surface area contributed by atoms with Gasteiger partial charge >= 0.3 is 0 Å². The van der Waals surface area contributed by atoms with Crippen LogP contribution in [0.15, 0.2) is 78.2 Å². The summed E-state index contributed by atoms with van der Waals surface area (Å²) in [6.07, 6.45) is 3.47. The molecular formula is C24H21Cl2N5OS. The molecule has 0 aliphatic carbocycles. The summed E-state index contributed by atoms with van der Waals surface area (Å²) in [6, 6.07) is 18.9. The summed E-state index contributed by atoms with van der Waals surface area (Å²) < 4.78 is 2.00. The molecule has 0 aliphatic heterocycles. The van der Waals surface area contributed by atoms with E-state index in [4.69, 9.17) is 23.2 Å². The summed E-state index contributed by atoms with van der Waals surface area (Å²) in [5.74, 6) is 0.766. The fraction of sp³-hybridized carbons (Fsp3) is 0.167. The van der Waals surface area contributed by atoms with Crippen molar-refractivity contribution in [2.24, 2.45) is 0 Å². The molecular weight excluding hydrogens is 477 g/mol. The van der Waals surface area contributed by atoms with Crippen molar-refractivity contribution >= 4 is 40.9 Å². The van der Waals surface area contributed by atoms with Gasteiger partial charge in [-0.1, -0.05) is 71.4 Å². The second-order valence-corrected chi connectivity index (χ2v) is 9.15. The molecule has 1 unspecified atom stereocenters. The standard InChI is InChI=1S/C24H21Cl2N5OS/c1-16(20-10-9-19(25)12-21(20)26)28-22(32)15-33-24-30-29-23(18-8-5-11-27-13-18)31(24)14-17-6-3-2-4-7-17/h2-13,16H,14-15H2,1H3,(H,28,32). The number of hydrogen-bond donors (Lipinski definition) is 1. The van der Waals surface area contributed by atoms with Gasteiger partial charge in [0.2, 0.25) is 5.91 Å². The highest BCUT2D eigenvalue weighted by atomic mass is 35.5. The predicted octanol–water partition coefficient (Wildman–Crippen LogP) is 5.66. The Labute approximate surface area is 206 Å². The fourth-order valence-corrected chi connectivity index (χ4v) is 4.68. The molecule has 0 aliphatic rings. The van der Waals surface area contributed by atoms with E-state index in [1.165, 1.54) is 11.8 Å². The molecule has 1 N–H and O–H groups in total. The molecule has 2 heterocycles. The van der Waals surface area contributed by atoms with Crippen molar-refractivity contribution in [2.45, 2.75) is 24.7 Å². The number of thioether (sulfide) groups is 1. The van der Waals surface area contributed by atoms with Gasteiger partial charge in [0.1, 0.15) is 0 Å². The number of aromatic nitrogens is 4. The molecule has 4 rings (SSSR count). The number of rotatable bonds is 8. The molecule has 0 bridgehead atoms. The number of nitrogens with one attached hydrogen (secondary N) is 1. The van der Waals surface area contributed by atoms with Gasteiger partial charge < -0.3 is 5.32 Å². The number of pyridine rings is 1. The van der Waals surface area contributed by atoms with Crippen molar-refractivity contribution in [1.82, 2.24) is 25.1 Å². The van der Waals surface area contributed by atoms with E-state index in [-0.39, 0.29) is 17.7 Å². The number of benzene rings is 2. The van der Waals surface area contributed by atoms with Crippen LogP contribution >= 0.6 is 35.0 Å². The summed E-state index contributed by atoms with van der Waals surface area (Å²) in [4.78, 5) is 16.9. The molecule has 0 fully saturated rings. The van der Waals surface area contributed by atoms with E-state index < -0.39 is 0 Å². The number of halogens is 2. The van der Waals surface area contributed by atoms with E-state index in [0.29, 0.717) is 27.6 Å². The topological polar surface area (TPSA) is 72.7 Å². The fourth-order valence-electron chi connectivity index (χ4n) is 3.36. The largest absolute Gasteiger partial charge is 0.349 e. The van der Waals surface area contributed by atoms with Crippen molar-refractivity contribution < 1.29 is 4.79 Å². The van der Waals surface area contributed by atoms with Crippen LogP contribution in [0.4, 0.5) is 0 Å². The van der Waals surface area contributed by atoms with Gasteiger partial charge in [0.05, 0.1) is 18.3 Å². The van der Waals surface area contributed by atoms with E-state index in [2.05, 4.69) is 20.5 Å². The molecule has 9 heteroatoms. The first kappa shape index (κ1) is 23.3. The molecule has 2 aromatic heterocycles. The molecule has 1 atom stereocenters. The Morgan fingerprint density at radius 2 is 1.91 bits per heavy atom. The van der Waals surface area contributed by atoms with Crippen LogP contribution in [-0.2, 0) is 11.3 Å². The third-order valence-electron chi connectivity index (χ3n) is 4.96. The summed E-state index contributed by atoms with van der Waals surface area (Å²) in [5.41, 5.74) is 2.79. The van der Waals surface area contributed by atoms with Crippen LogP contribution in [0.25, 0.3) is 11.4 Å². The Hall–Kier alpha value is -2.87. The first-order valence-corrected chi connectivity index (χ1v) is 12.0. The van der Waals surface area contributed by atoms with Gasteiger partial charge in [-0.15, -0.1) is 10.2 Å². The zero-order valence-electron chi connectivity index (χ0n) is 17.8. The van der Waals surface area contributed by atoms with Gasteiger partial charge in [-0.05, 0) is 42.3 Å². The number of carbonyl (C=O) groups is 1. The van der Waals surface area contributed by atoms with Gasteiger partial charge in [0.25, 0.3) is 0 Å². The highest BCUT2D eigenvalue weighted by Crippen LogP contribution is 2.27. The molecule has 4 aromatic rings. The minimum Gasteiger partial charge on any atom is -0.349 e. The molecule has 6 nitrogen and oxygen atoms in total. The number of nitrogens with zero attached hydrogens (tertiary/aromatic N) is 4. The lowest BCUT2D eigenvalue weighted by molar-refractivity contribution is -0.119. The zero-order valence-corrected chi connectivity index (χ0v) is 20.1. The molecule has 0 saturated carbocycles. The maximum Gasteiger partial charge on any atom is 0.230 e. The highest BCUT2D eigenvalue weighted by molar-refractivity contribution is 7.99. The first-order chi connectivity index (χ1) is 16.0. The lowest BCUT2D eigenvalue weighted by Crippen LogP contribution is -2.28. The third kappa shape index (κ3) is 5.93. The highest BCUT2D eigenvalue weighted by Gasteiger charge is 2.18. The lowest BCUT2D eigenvalue weighted by atomic mass is 10.1. The minimum atomic E-state index is -0.254. The van der Waals surface area contributed by atoms with Crippen molar-refractivity contribution in [3.05, 3.63) is 94.2 Å².